The third kappa shape index (κ3) is 8.37. The molecule has 1 N–H and O–H groups in total. The minimum atomic E-state index is -4.56. The Balaban J connectivity index is 1.38. The molecule has 0 radical (unpaired) electrons. The zero-order valence-corrected chi connectivity index (χ0v) is 27.9. The van der Waals surface area contributed by atoms with Gasteiger partial charge in [0.25, 0.3) is 0 Å². The molecule has 2 aromatic carbocycles. The molecular formula is C34H45F4N5O2S. The second-order valence-corrected chi connectivity index (χ2v) is 15.8. The molecule has 0 aliphatic carbocycles. The van der Waals surface area contributed by atoms with Crippen molar-refractivity contribution in [1.82, 2.24) is 24.3 Å². The summed E-state index contributed by atoms with van der Waals surface area (Å²) in [5.41, 5.74) is 3.09. The molecule has 0 bridgehead atoms. The van der Waals surface area contributed by atoms with Gasteiger partial charge in [0.05, 0.1) is 17.5 Å². The Kier molecular flexibility index (Phi) is 10.3. The molecule has 0 atom stereocenters. The van der Waals surface area contributed by atoms with E-state index in [1.54, 1.807) is 12.1 Å². The number of nitrogens with one attached hydrogen (secondary N) is 1. The number of halogens is 4. The number of alkyl halides is 3. The molecule has 1 aromatic heterocycles. The highest BCUT2D eigenvalue weighted by Crippen LogP contribution is 2.37. The van der Waals surface area contributed by atoms with Crippen LogP contribution in [0.1, 0.15) is 68.0 Å². The molecule has 12 heteroatoms. The van der Waals surface area contributed by atoms with Gasteiger partial charge >= 0.3 is 6.18 Å². The fourth-order valence-corrected chi connectivity index (χ4v) is 7.53. The highest BCUT2D eigenvalue weighted by Gasteiger charge is 2.35. The van der Waals surface area contributed by atoms with Gasteiger partial charge in [-0.2, -0.15) is 22.6 Å². The Bertz CT molecular complexity index is 1610. The number of benzene rings is 2. The molecule has 7 nitrogen and oxygen atoms in total. The number of hydrogen-bond donors (Lipinski definition) is 1. The number of rotatable bonds is 10. The topological polar surface area (TPSA) is 70.5 Å². The first-order valence-electron chi connectivity index (χ1n) is 16.0. The number of fused-ring (bicyclic) bond motifs is 1. The van der Waals surface area contributed by atoms with Gasteiger partial charge in [0, 0.05) is 56.0 Å². The molecule has 46 heavy (non-hydrogen) atoms. The molecule has 3 aromatic rings. The average molecular weight is 664 g/mol. The van der Waals surface area contributed by atoms with Crippen LogP contribution in [0.25, 0.3) is 11.3 Å². The maximum atomic E-state index is 14.0. The van der Waals surface area contributed by atoms with E-state index in [9.17, 15) is 26.0 Å². The van der Waals surface area contributed by atoms with E-state index in [-0.39, 0.29) is 31.0 Å². The van der Waals surface area contributed by atoms with Crippen LogP contribution in [-0.2, 0) is 48.8 Å². The summed E-state index contributed by atoms with van der Waals surface area (Å²) in [6.45, 7) is 11.3. The summed E-state index contributed by atoms with van der Waals surface area (Å²) in [4.78, 5) is 2.49. The zero-order valence-electron chi connectivity index (χ0n) is 27.1. The Hall–Kier alpha value is -2.80. The molecule has 2 aliphatic heterocycles. The molecule has 1 saturated heterocycles. The molecule has 0 saturated carbocycles. The molecule has 0 amide bonds. The Labute approximate surface area is 270 Å². The summed E-state index contributed by atoms with van der Waals surface area (Å²) in [6.07, 6.45) is 0.336. The number of sulfonamides is 1. The van der Waals surface area contributed by atoms with Gasteiger partial charge in [-0.1, -0.05) is 39.0 Å². The predicted octanol–water partition coefficient (Wildman–Crippen LogP) is 6.46. The van der Waals surface area contributed by atoms with Crippen LogP contribution < -0.4 is 5.32 Å². The molecule has 1 fully saturated rings. The van der Waals surface area contributed by atoms with Crippen molar-refractivity contribution in [3.8, 4) is 11.3 Å². The number of hydrogen-bond acceptors (Lipinski definition) is 5. The lowest BCUT2D eigenvalue weighted by Crippen LogP contribution is -2.38. The monoisotopic (exact) mass is 663 g/mol. The SMILES string of the molecule is CC(C)(C)C1CCN(CCCn2nc(-c3ccc(C(F)(F)F)c(CNCc4ccc(F)cc4)c3)c3c2CCN(S(C)(=O)=O)C3)CC1. The van der Waals surface area contributed by atoms with Crippen molar-refractivity contribution in [3.05, 3.63) is 76.2 Å². The molecule has 252 valence electrons. The highest BCUT2D eigenvalue weighted by atomic mass is 32.2. The average Bonchev–Trinajstić information content (AvgIpc) is 3.35. The van der Waals surface area contributed by atoms with Crippen LogP contribution in [0.3, 0.4) is 0 Å². The molecule has 5 rings (SSSR count). The van der Waals surface area contributed by atoms with Crippen LogP contribution in [0.2, 0.25) is 0 Å². The minimum Gasteiger partial charge on any atom is -0.309 e. The van der Waals surface area contributed by atoms with Crippen LogP contribution in [0.15, 0.2) is 42.5 Å². The second-order valence-electron chi connectivity index (χ2n) is 13.8. The van der Waals surface area contributed by atoms with Gasteiger partial charge in [-0.15, -0.1) is 0 Å². The zero-order chi connectivity index (χ0) is 33.3. The summed E-state index contributed by atoms with van der Waals surface area (Å²) in [5.74, 6) is 0.336. The van der Waals surface area contributed by atoms with Crippen molar-refractivity contribution in [2.45, 2.75) is 78.8 Å². The van der Waals surface area contributed by atoms with Crippen LogP contribution >= 0.6 is 0 Å². The summed E-state index contributed by atoms with van der Waals surface area (Å²) >= 11 is 0. The van der Waals surface area contributed by atoms with E-state index in [1.807, 2.05) is 4.68 Å². The number of piperidine rings is 1. The van der Waals surface area contributed by atoms with E-state index < -0.39 is 21.8 Å². The number of likely N-dealkylation sites (tertiary alicyclic amines) is 1. The summed E-state index contributed by atoms with van der Waals surface area (Å²) < 4.78 is 83.7. The van der Waals surface area contributed by atoms with E-state index in [0.29, 0.717) is 42.1 Å². The summed E-state index contributed by atoms with van der Waals surface area (Å²) in [5, 5.41) is 7.97. The number of aryl methyl sites for hydroxylation is 1. The number of nitrogens with zero attached hydrogens (tertiary/aromatic N) is 4. The van der Waals surface area contributed by atoms with Gasteiger partial charge in [-0.25, -0.2) is 12.8 Å². The maximum absolute atomic E-state index is 14.0. The number of aromatic nitrogens is 2. The highest BCUT2D eigenvalue weighted by molar-refractivity contribution is 7.88. The Morgan fingerprint density at radius 2 is 1.65 bits per heavy atom. The first kappa shape index (κ1) is 34.5. The van der Waals surface area contributed by atoms with E-state index in [1.165, 1.54) is 47.7 Å². The predicted molar refractivity (Wildman–Crippen MR) is 172 cm³/mol. The van der Waals surface area contributed by atoms with Crippen molar-refractivity contribution >= 4 is 10.0 Å². The normalized spacial score (nSPS) is 17.4. The van der Waals surface area contributed by atoms with E-state index in [0.717, 1.165) is 48.9 Å². The molecule has 3 heterocycles. The Morgan fingerprint density at radius 3 is 2.28 bits per heavy atom. The van der Waals surface area contributed by atoms with Crippen molar-refractivity contribution in [2.75, 3.05) is 32.4 Å². The van der Waals surface area contributed by atoms with Crippen molar-refractivity contribution in [3.63, 3.8) is 0 Å². The van der Waals surface area contributed by atoms with Gasteiger partial charge in [-0.3, -0.25) is 4.68 Å². The van der Waals surface area contributed by atoms with Gasteiger partial charge in [-0.05, 0) is 85.6 Å². The third-order valence-electron chi connectivity index (χ3n) is 9.47. The third-order valence-corrected chi connectivity index (χ3v) is 10.7. The second kappa shape index (κ2) is 13.7. The van der Waals surface area contributed by atoms with Crippen LogP contribution in [0.4, 0.5) is 17.6 Å². The Morgan fingerprint density at radius 1 is 0.957 bits per heavy atom. The lowest BCUT2D eigenvalue weighted by molar-refractivity contribution is -0.138. The summed E-state index contributed by atoms with van der Waals surface area (Å²) in [6, 6.07) is 9.81. The van der Waals surface area contributed by atoms with Gasteiger partial charge < -0.3 is 10.2 Å². The standard InChI is InChI=1S/C34H45F4N5O2S/c1-33(2,3)27-12-17-41(18-13-27)15-5-16-43-31-14-19-42(46(4,44)45)23-29(31)32(40-43)25-8-11-30(34(36,37)38)26(20-25)22-39-21-24-6-9-28(35)10-7-24/h6-11,20,27,39H,5,12-19,21-23H2,1-4H3. The lowest BCUT2D eigenvalue weighted by Gasteiger charge is -2.38. The van der Waals surface area contributed by atoms with E-state index in [2.05, 4.69) is 31.0 Å². The fraction of sp³-hybridized carbons (Fsp3) is 0.559. The molecular weight excluding hydrogens is 618 g/mol. The minimum absolute atomic E-state index is 0.0600. The lowest BCUT2D eigenvalue weighted by atomic mass is 9.75. The first-order chi connectivity index (χ1) is 21.6. The summed E-state index contributed by atoms with van der Waals surface area (Å²) in [7, 11) is -3.47. The van der Waals surface area contributed by atoms with Gasteiger partial charge in [0.2, 0.25) is 10.0 Å². The quantitative estimate of drug-likeness (QED) is 0.252. The van der Waals surface area contributed by atoms with Crippen molar-refractivity contribution in [2.24, 2.45) is 11.3 Å². The molecule has 0 spiro atoms. The van der Waals surface area contributed by atoms with Crippen molar-refractivity contribution < 1.29 is 26.0 Å². The van der Waals surface area contributed by atoms with Gasteiger partial charge in [0.15, 0.2) is 0 Å². The fourth-order valence-electron chi connectivity index (χ4n) is 6.74. The van der Waals surface area contributed by atoms with Crippen LogP contribution in [0.5, 0.6) is 0 Å². The van der Waals surface area contributed by atoms with Crippen LogP contribution in [0, 0.1) is 17.2 Å². The molecule has 0 unspecified atom stereocenters. The molecule has 2 aliphatic rings. The maximum Gasteiger partial charge on any atom is 0.416 e. The van der Waals surface area contributed by atoms with Crippen LogP contribution in [-0.4, -0.2) is 59.8 Å². The van der Waals surface area contributed by atoms with Gasteiger partial charge in [0.1, 0.15) is 5.82 Å². The van der Waals surface area contributed by atoms with E-state index >= 15 is 0 Å². The largest absolute Gasteiger partial charge is 0.416 e. The smallest absolute Gasteiger partial charge is 0.309 e. The van der Waals surface area contributed by atoms with E-state index in [4.69, 9.17) is 5.10 Å². The first-order valence-corrected chi connectivity index (χ1v) is 17.9. The van der Waals surface area contributed by atoms with Crippen molar-refractivity contribution in [1.29, 1.82) is 0 Å².